The second-order valence-corrected chi connectivity index (χ2v) is 10.3. The summed E-state index contributed by atoms with van der Waals surface area (Å²) in [5, 5.41) is 5.00. The van der Waals surface area contributed by atoms with Gasteiger partial charge in [0.05, 0.1) is 18.6 Å². The Labute approximate surface area is 240 Å². The SMILES string of the molecule is CCOc1cc(=O)[nH]cc1-c1ccc(CC(=O)Nc2cc(C(=O)NCCN3CC[C@H](C)C3)cc(C(F)(F)F)c2)c(F)c1. The van der Waals surface area contributed by atoms with Gasteiger partial charge >= 0.3 is 6.18 Å². The molecule has 2 amide bonds. The van der Waals surface area contributed by atoms with Crippen LogP contribution in [0.5, 0.6) is 5.75 Å². The maximum Gasteiger partial charge on any atom is 0.416 e. The molecule has 0 aliphatic carbocycles. The number of benzene rings is 2. The normalized spacial score (nSPS) is 15.4. The fraction of sp³-hybridized carbons (Fsp3) is 0.367. The lowest BCUT2D eigenvalue weighted by molar-refractivity contribution is -0.137. The van der Waals surface area contributed by atoms with Crippen LogP contribution >= 0.6 is 0 Å². The number of alkyl halides is 3. The number of carbonyl (C=O) groups is 2. The predicted octanol–water partition coefficient (Wildman–Crippen LogP) is 4.85. The summed E-state index contributed by atoms with van der Waals surface area (Å²) in [6.45, 7) is 6.81. The van der Waals surface area contributed by atoms with Crippen molar-refractivity contribution in [3.8, 4) is 16.9 Å². The van der Waals surface area contributed by atoms with Gasteiger partial charge in [0, 0.05) is 48.7 Å². The molecule has 3 aromatic rings. The Bertz CT molecular complexity index is 1510. The number of anilines is 1. The van der Waals surface area contributed by atoms with Crippen LogP contribution in [0.15, 0.2) is 53.5 Å². The van der Waals surface area contributed by atoms with E-state index in [0.29, 0.717) is 23.6 Å². The number of amides is 2. The van der Waals surface area contributed by atoms with Gasteiger partial charge in [-0.15, -0.1) is 0 Å². The Hall–Kier alpha value is -4.19. The zero-order chi connectivity index (χ0) is 30.4. The summed E-state index contributed by atoms with van der Waals surface area (Å²) in [6, 6.07) is 7.95. The van der Waals surface area contributed by atoms with Crippen molar-refractivity contribution in [1.82, 2.24) is 15.2 Å². The lowest BCUT2D eigenvalue weighted by Crippen LogP contribution is -2.34. The van der Waals surface area contributed by atoms with Gasteiger partial charge in [0.2, 0.25) is 5.91 Å². The van der Waals surface area contributed by atoms with E-state index in [9.17, 15) is 31.9 Å². The number of carbonyl (C=O) groups excluding carboxylic acids is 2. The molecular formula is C30H32F4N4O4. The van der Waals surface area contributed by atoms with Gasteiger partial charge in [-0.25, -0.2) is 4.39 Å². The van der Waals surface area contributed by atoms with Crippen LogP contribution in [-0.2, 0) is 17.4 Å². The molecule has 1 saturated heterocycles. The van der Waals surface area contributed by atoms with Crippen LogP contribution in [0.1, 0.15) is 41.8 Å². The average Bonchev–Trinajstić information content (AvgIpc) is 3.34. The third kappa shape index (κ3) is 7.96. The van der Waals surface area contributed by atoms with Gasteiger partial charge in [-0.1, -0.05) is 19.1 Å². The van der Waals surface area contributed by atoms with E-state index in [1.807, 2.05) is 0 Å². The third-order valence-corrected chi connectivity index (χ3v) is 6.93. The highest BCUT2D eigenvalue weighted by molar-refractivity contribution is 5.98. The van der Waals surface area contributed by atoms with Crippen LogP contribution in [0, 0.1) is 11.7 Å². The van der Waals surface area contributed by atoms with Crippen molar-refractivity contribution in [2.24, 2.45) is 5.92 Å². The molecule has 2 aromatic carbocycles. The third-order valence-electron chi connectivity index (χ3n) is 6.93. The van der Waals surface area contributed by atoms with Crippen LogP contribution in [0.25, 0.3) is 11.1 Å². The lowest BCUT2D eigenvalue weighted by atomic mass is 10.0. The number of pyridine rings is 1. The number of rotatable bonds is 10. The van der Waals surface area contributed by atoms with E-state index < -0.39 is 35.8 Å². The second kappa shape index (κ2) is 13.2. The molecule has 224 valence electrons. The number of hydrogen-bond donors (Lipinski definition) is 3. The molecule has 1 atom stereocenters. The number of halogens is 4. The number of H-pyrrole nitrogens is 1. The lowest BCUT2D eigenvalue weighted by Gasteiger charge is -2.16. The van der Waals surface area contributed by atoms with Gasteiger partial charge in [-0.3, -0.25) is 14.4 Å². The van der Waals surface area contributed by atoms with Crippen molar-refractivity contribution in [2.45, 2.75) is 32.9 Å². The quantitative estimate of drug-likeness (QED) is 0.294. The van der Waals surface area contributed by atoms with E-state index in [0.717, 1.165) is 37.7 Å². The second-order valence-electron chi connectivity index (χ2n) is 10.3. The molecule has 1 aliphatic heterocycles. The molecule has 0 saturated carbocycles. The number of aromatic nitrogens is 1. The van der Waals surface area contributed by atoms with Gasteiger partial charge in [0.25, 0.3) is 11.5 Å². The molecule has 12 heteroatoms. The summed E-state index contributed by atoms with van der Waals surface area (Å²) in [5.41, 5.74) is -1.14. The zero-order valence-electron chi connectivity index (χ0n) is 23.2. The summed E-state index contributed by atoms with van der Waals surface area (Å²) < 4.78 is 61.2. The van der Waals surface area contributed by atoms with E-state index in [1.54, 1.807) is 6.92 Å². The molecule has 2 heterocycles. The number of ether oxygens (including phenoxy) is 1. The number of nitrogens with one attached hydrogen (secondary N) is 3. The average molecular weight is 589 g/mol. The standard InChI is InChI=1S/C30H32F4N4O4/c1-3-42-26-15-27(39)36-16-24(26)19-4-5-20(25(31)12-19)13-28(40)37-23-11-21(10-22(14-23)30(32,33)34)29(41)35-7-9-38-8-6-18(2)17-38/h4-5,10-12,14-16,18H,3,6-9,13,17H2,1-2H3,(H,35,41)(H,36,39)(H,37,40)/t18-/m0/s1. The van der Waals surface area contributed by atoms with Gasteiger partial charge in [-0.05, 0) is 61.2 Å². The Morgan fingerprint density at radius 3 is 2.60 bits per heavy atom. The van der Waals surface area contributed by atoms with Gasteiger partial charge in [0.1, 0.15) is 11.6 Å². The number of likely N-dealkylation sites (tertiary alicyclic amines) is 1. The molecule has 0 spiro atoms. The highest BCUT2D eigenvalue weighted by Crippen LogP contribution is 2.33. The Balaban J connectivity index is 1.46. The molecule has 0 radical (unpaired) electrons. The van der Waals surface area contributed by atoms with Gasteiger partial charge < -0.3 is 25.3 Å². The minimum atomic E-state index is -4.76. The number of aromatic amines is 1. The first-order valence-electron chi connectivity index (χ1n) is 13.6. The fourth-order valence-corrected chi connectivity index (χ4v) is 4.84. The van der Waals surface area contributed by atoms with E-state index in [2.05, 4.69) is 27.4 Å². The smallest absolute Gasteiger partial charge is 0.416 e. The van der Waals surface area contributed by atoms with Crippen LogP contribution in [0.3, 0.4) is 0 Å². The molecule has 3 N–H and O–H groups in total. The number of hydrogen-bond acceptors (Lipinski definition) is 5. The van der Waals surface area contributed by atoms with E-state index in [4.69, 9.17) is 4.74 Å². The summed E-state index contributed by atoms with van der Waals surface area (Å²) in [6.07, 6.45) is -2.78. The fourth-order valence-electron chi connectivity index (χ4n) is 4.84. The number of nitrogens with zero attached hydrogens (tertiary/aromatic N) is 1. The molecule has 4 rings (SSSR count). The molecule has 0 unspecified atom stereocenters. The minimum Gasteiger partial charge on any atom is -0.493 e. The summed E-state index contributed by atoms with van der Waals surface area (Å²) in [5.74, 6) is -1.37. The van der Waals surface area contributed by atoms with Crippen LogP contribution < -0.4 is 20.9 Å². The highest BCUT2D eigenvalue weighted by atomic mass is 19.4. The predicted molar refractivity (Wildman–Crippen MR) is 150 cm³/mol. The van der Waals surface area contributed by atoms with Crippen LogP contribution in [0.4, 0.5) is 23.2 Å². The van der Waals surface area contributed by atoms with Gasteiger partial charge in [-0.2, -0.15) is 13.2 Å². The first kappa shape index (κ1) is 30.8. The van der Waals surface area contributed by atoms with E-state index >= 15 is 0 Å². The van der Waals surface area contributed by atoms with Crippen molar-refractivity contribution in [3.05, 3.63) is 81.5 Å². The Morgan fingerprint density at radius 1 is 1.14 bits per heavy atom. The van der Waals surface area contributed by atoms with Crippen molar-refractivity contribution in [2.75, 3.05) is 38.1 Å². The topological polar surface area (TPSA) is 104 Å². The van der Waals surface area contributed by atoms with Crippen molar-refractivity contribution in [1.29, 1.82) is 0 Å². The van der Waals surface area contributed by atoms with Crippen molar-refractivity contribution in [3.63, 3.8) is 0 Å². The first-order chi connectivity index (χ1) is 19.9. The van der Waals surface area contributed by atoms with Crippen LogP contribution in [-0.4, -0.2) is 54.5 Å². The molecular weight excluding hydrogens is 556 g/mol. The Morgan fingerprint density at radius 2 is 1.93 bits per heavy atom. The summed E-state index contributed by atoms with van der Waals surface area (Å²) in [4.78, 5) is 41.7. The summed E-state index contributed by atoms with van der Waals surface area (Å²) in [7, 11) is 0. The van der Waals surface area contributed by atoms with Crippen molar-refractivity contribution >= 4 is 17.5 Å². The molecule has 8 nitrogen and oxygen atoms in total. The first-order valence-corrected chi connectivity index (χ1v) is 13.6. The Kier molecular flexibility index (Phi) is 9.66. The molecule has 1 aliphatic rings. The van der Waals surface area contributed by atoms with E-state index in [-0.39, 0.29) is 41.3 Å². The minimum absolute atomic E-state index is 0.000178. The summed E-state index contributed by atoms with van der Waals surface area (Å²) >= 11 is 0. The van der Waals surface area contributed by atoms with E-state index in [1.165, 1.54) is 30.5 Å². The molecule has 1 fully saturated rings. The van der Waals surface area contributed by atoms with Gasteiger partial charge in [0.15, 0.2) is 0 Å². The van der Waals surface area contributed by atoms with Crippen LogP contribution in [0.2, 0.25) is 0 Å². The largest absolute Gasteiger partial charge is 0.493 e. The maximum absolute atomic E-state index is 15.0. The molecule has 0 bridgehead atoms. The zero-order valence-corrected chi connectivity index (χ0v) is 23.2. The highest BCUT2D eigenvalue weighted by Gasteiger charge is 2.32. The van der Waals surface area contributed by atoms with Crippen molar-refractivity contribution < 1.29 is 31.9 Å². The monoisotopic (exact) mass is 588 g/mol. The molecule has 1 aromatic heterocycles. The molecule has 42 heavy (non-hydrogen) atoms. The maximum atomic E-state index is 15.0.